The Morgan fingerprint density at radius 2 is 1.87 bits per heavy atom. The van der Waals surface area contributed by atoms with Gasteiger partial charge in [0.05, 0.1) is 17.4 Å². The molecule has 0 aliphatic carbocycles. The Kier molecular flexibility index (Phi) is 3.69. The van der Waals surface area contributed by atoms with Gasteiger partial charge in [0.15, 0.2) is 17.2 Å². The summed E-state index contributed by atoms with van der Waals surface area (Å²) in [6.45, 7) is 0. The number of rotatable bonds is 3. The number of H-pyrrole nitrogens is 2. The van der Waals surface area contributed by atoms with Crippen LogP contribution < -0.4 is 0 Å². The van der Waals surface area contributed by atoms with Gasteiger partial charge in [0.25, 0.3) is 0 Å². The molecule has 8 nitrogen and oxygen atoms in total. The van der Waals surface area contributed by atoms with Gasteiger partial charge < -0.3 is 4.98 Å². The highest BCUT2D eigenvalue weighted by Crippen LogP contribution is 2.31. The molecule has 0 bridgehead atoms. The number of nitrogens with one attached hydrogen (secondary N) is 2. The predicted octanol–water partition coefficient (Wildman–Crippen LogP) is 4.10. The van der Waals surface area contributed by atoms with Crippen molar-refractivity contribution in [2.45, 2.75) is 0 Å². The van der Waals surface area contributed by atoms with Crippen LogP contribution in [0.2, 0.25) is 0 Å². The molecule has 31 heavy (non-hydrogen) atoms. The van der Waals surface area contributed by atoms with Crippen LogP contribution in [0.1, 0.15) is 0 Å². The highest BCUT2D eigenvalue weighted by atomic mass is 19.1. The lowest BCUT2D eigenvalue weighted by atomic mass is 10.1. The normalized spacial score (nSPS) is 11.5. The first-order chi connectivity index (χ1) is 15.2. The molecule has 2 N–H and O–H groups in total. The van der Waals surface area contributed by atoms with Gasteiger partial charge in [-0.3, -0.25) is 9.78 Å². The Balaban J connectivity index is 1.52. The number of aromatic nitrogens is 8. The smallest absolute Gasteiger partial charge is 0.162 e. The summed E-state index contributed by atoms with van der Waals surface area (Å²) in [5.74, 6) is 0.195. The van der Waals surface area contributed by atoms with E-state index in [1.807, 2.05) is 25.4 Å². The van der Waals surface area contributed by atoms with E-state index in [4.69, 9.17) is 9.97 Å². The first-order valence-electron chi connectivity index (χ1n) is 9.61. The Morgan fingerprint density at radius 1 is 0.968 bits per heavy atom. The Morgan fingerprint density at radius 3 is 2.71 bits per heavy atom. The molecule has 0 radical (unpaired) electrons. The fraction of sp³-hybridized carbons (Fsp3) is 0.0455. The second-order valence-electron chi connectivity index (χ2n) is 7.19. The minimum Gasteiger partial charge on any atom is -0.321 e. The van der Waals surface area contributed by atoms with E-state index in [0.29, 0.717) is 39.3 Å². The number of aryl methyl sites for hydroxylation is 1. The summed E-state index contributed by atoms with van der Waals surface area (Å²) in [5.41, 5.74) is 5.97. The lowest BCUT2D eigenvalue weighted by Crippen LogP contribution is -1.87. The van der Waals surface area contributed by atoms with Gasteiger partial charge in [-0.15, -0.1) is 0 Å². The zero-order valence-corrected chi connectivity index (χ0v) is 16.3. The average Bonchev–Trinajstić information content (AvgIpc) is 3.50. The molecule has 5 aromatic heterocycles. The molecule has 0 fully saturated rings. The molecule has 6 rings (SSSR count). The Hall–Kier alpha value is -4.40. The number of imidazole rings is 1. The van der Waals surface area contributed by atoms with Crippen LogP contribution in [0.3, 0.4) is 0 Å². The molecule has 0 amide bonds. The minimum absolute atomic E-state index is 0.312. The number of nitrogens with zero attached hydrogens (tertiary/aromatic N) is 6. The molecule has 0 spiro atoms. The monoisotopic (exact) mass is 410 g/mol. The van der Waals surface area contributed by atoms with Crippen molar-refractivity contribution in [3.8, 4) is 33.9 Å². The zero-order chi connectivity index (χ0) is 20.9. The molecule has 0 unspecified atom stereocenters. The van der Waals surface area contributed by atoms with Crippen LogP contribution in [-0.2, 0) is 7.05 Å². The van der Waals surface area contributed by atoms with Crippen molar-refractivity contribution >= 4 is 22.2 Å². The summed E-state index contributed by atoms with van der Waals surface area (Å²) in [7, 11) is 1.86. The van der Waals surface area contributed by atoms with Gasteiger partial charge in [-0.2, -0.15) is 10.2 Å². The van der Waals surface area contributed by atoms with E-state index >= 15 is 0 Å². The van der Waals surface area contributed by atoms with E-state index in [1.54, 1.807) is 41.3 Å². The number of pyridine rings is 2. The minimum atomic E-state index is -0.312. The van der Waals surface area contributed by atoms with Gasteiger partial charge in [-0.1, -0.05) is 18.2 Å². The topological polar surface area (TPSA) is 101 Å². The fourth-order valence-corrected chi connectivity index (χ4v) is 3.70. The van der Waals surface area contributed by atoms with Crippen molar-refractivity contribution in [3.05, 3.63) is 66.9 Å². The standard InChI is InChI=1S/C22H15FN8/c1-31-11-12(10-25-31)16-6-7-17-19(26-16)20(30-29-17)22-27-18-14(8-9-24-21(18)28-22)13-4-2-3-5-15(13)23/h2-11H,1H3,(H,29,30)(H,24,27,28). The van der Waals surface area contributed by atoms with Crippen LogP contribution >= 0.6 is 0 Å². The largest absolute Gasteiger partial charge is 0.321 e. The number of halogens is 1. The third-order valence-corrected chi connectivity index (χ3v) is 5.18. The maximum absolute atomic E-state index is 14.4. The van der Waals surface area contributed by atoms with Crippen molar-refractivity contribution in [1.82, 2.24) is 39.9 Å². The summed E-state index contributed by atoms with van der Waals surface area (Å²) < 4.78 is 16.1. The first-order valence-corrected chi connectivity index (χ1v) is 9.61. The zero-order valence-electron chi connectivity index (χ0n) is 16.3. The summed E-state index contributed by atoms with van der Waals surface area (Å²) in [4.78, 5) is 17.0. The summed E-state index contributed by atoms with van der Waals surface area (Å²) in [5, 5.41) is 11.6. The van der Waals surface area contributed by atoms with E-state index in [2.05, 4.69) is 25.3 Å². The van der Waals surface area contributed by atoms with E-state index in [0.717, 1.165) is 16.8 Å². The molecule has 5 heterocycles. The number of hydrogen-bond acceptors (Lipinski definition) is 5. The van der Waals surface area contributed by atoms with Crippen molar-refractivity contribution in [2.24, 2.45) is 7.05 Å². The van der Waals surface area contributed by atoms with Crippen molar-refractivity contribution < 1.29 is 4.39 Å². The van der Waals surface area contributed by atoms with Crippen molar-refractivity contribution in [2.75, 3.05) is 0 Å². The molecule has 0 aliphatic rings. The number of fused-ring (bicyclic) bond motifs is 2. The molecule has 1 aromatic carbocycles. The summed E-state index contributed by atoms with van der Waals surface area (Å²) in [6, 6.07) is 12.2. The highest BCUT2D eigenvalue weighted by Gasteiger charge is 2.18. The molecule has 0 atom stereocenters. The molecule has 9 heteroatoms. The maximum Gasteiger partial charge on any atom is 0.162 e. The maximum atomic E-state index is 14.4. The molecular weight excluding hydrogens is 395 g/mol. The lowest BCUT2D eigenvalue weighted by molar-refractivity contribution is 0.631. The first kappa shape index (κ1) is 17.5. The van der Waals surface area contributed by atoms with Gasteiger partial charge >= 0.3 is 0 Å². The lowest BCUT2D eigenvalue weighted by Gasteiger charge is -2.03. The second kappa shape index (κ2) is 6.56. The van der Waals surface area contributed by atoms with Gasteiger partial charge in [-0.05, 0) is 24.3 Å². The Bertz CT molecular complexity index is 1580. The SMILES string of the molecule is Cn1cc(-c2ccc3[nH]nc(-c4nc5c(-c6ccccc6F)ccnc5[nH]4)c3n2)cn1. The summed E-state index contributed by atoms with van der Waals surface area (Å²) >= 11 is 0. The fourth-order valence-electron chi connectivity index (χ4n) is 3.70. The molecule has 0 aliphatic heterocycles. The van der Waals surface area contributed by atoms with Crippen LogP contribution in [-0.4, -0.2) is 39.9 Å². The summed E-state index contributed by atoms with van der Waals surface area (Å²) in [6.07, 6.45) is 5.30. The molecule has 0 saturated heterocycles. The van der Waals surface area contributed by atoms with E-state index < -0.39 is 0 Å². The average molecular weight is 410 g/mol. The molecule has 0 saturated carbocycles. The Labute approximate surface area is 174 Å². The van der Waals surface area contributed by atoms with Crippen molar-refractivity contribution in [1.29, 1.82) is 0 Å². The number of benzene rings is 1. The van der Waals surface area contributed by atoms with Crippen LogP contribution in [0.25, 0.3) is 56.1 Å². The van der Waals surface area contributed by atoms with Crippen LogP contribution in [0, 0.1) is 5.82 Å². The molecule has 6 aromatic rings. The third kappa shape index (κ3) is 2.78. The van der Waals surface area contributed by atoms with E-state index in [9.17, 15) is 4.39 Å². The number of aromatic amines is 2. The molecular formula is C22H15FN8. The van der Waals surface area contributed by atoms with Gasteiger partial charge in [-0.25, -0.2) is 19.3 Å². The predicted molar refractivity (Wildman–Crippen MR) is 114 cm³/mol. The quantitative estimate of drug-likeness (QED) is 0.457. The van der Waals surface area contributed by atoms with Gasteiger partial charge in [0, 0.05) is 36.1 Å². The van der Waals surface area contributed by atoms with Crippen LogP contribution in [0.15, 0.2) is 61.1 Å². The van der Waals surface area contributed by atoms with E-state index in [-0.39, 0.29) is 5.82 Å². The van der Waals surface area contributed by atoms with Crippen molar-refractivity contribution in [3.63, 3.8) is 0 Å². The van der Waals surface area contributed by atoms with Gasteiger partial charge in [0.2, 0.25) is 0 Å². The highest BCUT2D eigenvalue weighted by molar-refractivity contribution is 5.95. The second-order valence-corrected chi connectivity index (χ2v) is 7.19. The van der Waals surface area contributed by atoms with Gasteiger partial charge in [0.1, 0.15) is 16.9 Å². The van der Waals surface area contributed by atoms with Crippen LogP contribution in [0.4, 0.5) is 4.39 Å². The number of hydrogen-bond donors (Lipinski definition) is 2. The third-order valence-electron chi connectivity index (χ3n) is 5.18. The van der Waals surface area contributed by atoms with Crippen LogP contribution in [0.5, 0.6) is 0 Å². The van der Waals surface area contributed by atoms with E-state index in [1.165, 1.54) is 6.07 Å². The molecule has 150 valence electrons.